The Morgan fingerprint density at radius 1 is 1.47 bits per heavy atom. The second kappa shape index (κ2) is 6.51. The lowest BCUT2D eigenvalue weighted by molar-refractivity contribution is 0.0996. The average molecular weight is 246 g/mol. The number of carbonyl (C=O) groups excluding carboxylic acids is 1. The maximum atomic E-state index is 12.1. The molecule has 94 valence electrons. The van der Waals surface area contributed by atoms with E-state index in [0.717, 1.165) is 5.01 Å². The van der Waals surface area contributed by atoms with Crippen molar-refractivity contribution >= 4 is 11.7 Å². The van der Waals surface area contributed by atoms with Gasteiger partial charge < -0.3 is 10.7 Å². The van der Waals surface area contributed by atoms with Crippen molar-refractivity contribution in [2.24, 2.45) is 16.1 Å². The highest BCUT2D eigenvalue weighted by Crippen LogP contribution is 2.13. The molecule has 0 bridgehead atoms. The number of rotatable bonds is 7. The minimum atomic E-state index is -0.737. The molecule has 3 N–H and O–H groups in total. The van der Waals surface area contributed by atoms with E-state index in [1.807, 2.05) is 0 Å². The van der Waals surface area contributed by atoms with Crippen LogP contribution in [0.5, 0.6) is 0 Å². The largest absolute Gasteiger partial charge is 0.364 e. The Balaban J connectivity index is 2.73. The summed E-state index contributed by atoms with van der Waals surface area (Å²) in [4.78, 5) is 17.1. The van der Waals surface area contributed by atoms with Crippen LogP contribution in [0.25, 0.3) is 0 Å². The van der Waals surface area contributed by atoms with Gasteiger partial charge in [-0.15, -0.1) is 5.11 Å². The van der Waals surface area contributed by atoms with Gasteiger partial charge in [0.1, 0.15) is 13.3 Å². The van der Waals surface area contributed by atoms with Crippen molar-refractivity contribution in [3.05, 3.63) is 12.0 Å². The van der Waals surface area contributed by atoms with Crippen LogP contribution in [-0.4, -0.2) is 47.3 Å². The molecule has 0 unspecified atom stereocenters. The molecular weight excluding hydrogens is 234 g/mol. The summed E-state index contributed by atoms with van der Waals surface area (Å²) >= 11 is 0. The number of aromatic amines is 1. The van der Waals surface area contributed by atoms with E-state index in [2.05, 4.69) is 20.3 Å². The fourth-order valence-corrected chi connectivity index (χ4v) is 1.05. The van der Waals surface area contributed by atoms with Crippen LogP contribution in [0.15, 0.2) is 16.7 Å². The van der Waals surface area contributed by atoms with E-state index in [-0.39, 0.29) is 24.6 Å². The van der Waals surface area contributed by atoms with Crippen LogP contribution in [0, 0.1) is 0 Å². The summed E-state index contributed by atoms with van der Waals surface area (Å²) in [5.74, 6) is -0.751. The number of alkyl halides is 2. The second-order valence-electron chi connectivity index (χ2n) is 2.99. The Morgan fingerprint density at radius 3 is 2.65 bits per heavy atom. The molecule has 9 heteroatoms. The summed E-state index contributed by atoms with van der Waals surface area (Å²) in [5.41, 5.74) is 5.03. The summed E-state index contributed by atoms with van der Waals surface area (Å²) < 4.78 is 24.2. The first kappa shape index (κ1) is 13.0. The standard InChI is InChI=1S/C8H12F2N6O/c9-1-3-16(4-2-10)15-14-8-6(7(11)17)12-5-13-8/h5H,1-4H2,(H2,11,17)(H,12,13). The molecule has 1 aromatic heterocycles. The van der Waals surface area contributed by atoms with Crippen LogP contribution in [0.4, 0.5) is 14.6 Å². The van der Waals surface area contributed by atoms with Crippen molar-refractivity contribution < 1.29 is 13.6 Å². The predicted molar refractivity (Wildman–Crippen MR) is 55.1 cm³/mol. The van der Waals surface area contributed by atoms with E-state index >= 15 is 0 Å². The lowest BCUT2D eigenvalue weighted by Gasteiger charge is -2.12. The topological polar surface area (TPSA) is 99.7 Å². The number of primary amides is 1. The predicted octanol–water partition coefficient (Wildman–Crippen LogP) is 0.748. The highest BCUT2D eigenvalue weighted by molar-refractivity contribution is 5.94. The van der Waals surface area contributed by atoms with E-state index in [1.54, 1.807) is 0 Å². The first-order chi connectivity index (χ1) is 8.19. The highest BCUT2D eigenvalue weighted by atomic mass is 19.1. The third kappa shape index (κ3) is 3.78. The maximum Gasteiger partial charge on any atom is 0.269 e. The smallest absolute Gasteiger partial charge is 0.269 e. The molecule has 0 aromatic carbocycles. The van der Waals surface area contributed by atoms with Gasteiger partial charge in [0.25, 0.3) is 5.91 Å². The summed E-state index contributed by atoms with van der Waals surface area (Å²) in [5, 5.41) is 8.27. The zero-order valence-corrected chi connectivity index (χ0v) is 8.94. The number of amides is 1. The SMILES string of the molecule is NC(=O)c1[nH]cnc1N=NN(CCF)CCF. The molecule has 1 aromatic rings. The van der Waals surface area contributed by atoms with E-state index in [9.17, 15) is 13.6 Å². The monoisotopic (exact) mass is 246 g/mol. The van der Waals surface area contributed by atoms with E-state index < -0.39 is 19.3 Å². The molecule has 1 amide bonds. The molecule has 0 atom stereocenters. The van der Waals surface area contributed by atoms with Gasteiger partial charge in [0, 0.05) is 0 Å². The Labute approximate surface area is 95.7 Å². The summed E-state index contributed by atoms with van der Waals surface area (Å²) in [7, 11) is 0. The molecule has 0 aliphatic heterocycles. The first-order valence-corrected chi connectivity index (χ1v) is 4.80. The fraction of sp³-hybridized carbons (Fsp3) is 0.500. The number of hydrogen-bond donors (Lipinski definition) is 2. The normalized spacial score (nSPS) is 10.9. The Hall–Kier alpha value is -2.06. The van der Waals surface area contributed by atoms with Crippen molar-refractivity contribution in [1.82, 2.24) is 15.0 Å². The molecule has 0 aliphatic carbocycles. The summed E-state index contributed by atoms with van der Waals surface area (Å²) in [6.45, 7) is -1.52. The van der Waals surface area contributed by atoms with Gasteiger partial charge in [-0.1, -0.05) is 5.22 Å². The molecular formula is C8H12F2N6O. The van der Waals surface area contributed by atoms with Crippen molar-refractivity contribution in [2.45, 2.75) is 0 Å². The van der Waals surface area contributed by atoms with Crippen LogP contribution in [0.2, 0.25) is 0 Å². The van der Waals surface area contributed by atoms with Gasteiger partial charge in [0.2, 0.25) is 5.82 Å². The van der Waals surface area contributed by atoms with Gasteiger partial charge in [-0.3, -0.25) is 9.80 Å². The Morgan fingerprint density at radius 2 is 2.12 bits per heavy atom. The maximum absolute atomic E-state index is 12.1. The van der Waals surface area contributed by atoms with Gasteiger partial charge in [0.05, 0.1) is 19.4 Å². The molecule has 0 saturated heterocycles. The van der Waals surface area contributed by atoms with Crippen molar-refractivity contribution in [3.8, 4) is 0 Å². The molecule has 1 rings (SSSR count). The Bertz CT molecular complexity index is 387. The van der Waals surface area contributed by atoms with E-state index in [4.69, 9.17) is 5.73 Å². The van der Waals surface area contributed by atoms with Crippen LogP contribution < -0.4 is 5.73 Å². The zero-order chi connectivity index (χ0) is 12.7. The third-order valence-electron chi connectivity index (χ3n) is 1.82. The summed E-state index contributed by atoms with van der Waals surface area (Å²) in [6, 6.07) is 0. The number of nitrogens with one attached hydrogen (secondary N) is 1. The van der Waals surface area contributed by atoms with Gasteiger partial charge >= 0.3 is 0 Å². The van der Waals surface area contributed by atoms with E-state index in [1.165, 1.54) is 6.33 Å². The van der Waals surface area contributed by atoms with Crippen molar-refractivity contribution in [3.63, 3.8) is 0 Å². The average Bonchev–Trinajstić information content (AvgIpc) is 2.74. The first-order valence-electron chi connectivity index (χ1n) is 4.80. The fourth-order valence-electron chi connectivity index (χ4n) is 1.05. The minimum Gasteiger partial charge on any atom is -0.364 e. The Kier molecular flexibility index (Phi) is 4.98. The molecule has 0 fully saturated rings. The molecule has 0 radical (unpaired) electrons. The molecule has 17 heavy (non-hydrogen) atoms. The lowest BCUT2D eigenvalue weighted by Crippen LogP contribution is -2.22. The van der Waals surface area contributed by atoms with Crippen LogP contribution in [0.3, 0.4) is 0 Å². The van der Waals surface area contributed by atoms with Crippen LogP contribution in [0.1, 0.15) is 10.5 Å². The van der Waals surface area contributed by atoms with Gasteiger partial charge in [-0.25, -0.2) is 13.8 Å². The number of halogens is 2. The van der Waals surface area contributed by atoms with Crippen LogP contribution >= 0.6 is 0 Å². The highest BCUT2D eigenvalue weighted by Gasteiger charge is 2.10. The van der Waals surface area contributed by atoms with Crippen molar-refractivity contribution in [1.29, 1.82) is 0 Å². The van der Waals surface area contributed by atoms with Gasteiger partial charge in [-0.2, -0.15) is 0 Å². The number of H-pyrrole nitrogens is 1. The minimum absolute atomic E-state index is 0.00537. The van der Waals surface area contributed by atoms with Gasteiger partial charge in [0.15, 0.2) is 5.69 Å². The van der Waals surface area contributed by atoms with Crippen LogP contribution in [-0.2, 0) is 0 Å². The number of aromatic nitrogens is 2. The summed E-state index contributed by atoms with van der Waals surface area (Å²) in [6.07, 6.45) is 1.23. The lowest BCUT2D eigenvalue weighted by atomic mass is 10.4. The number of nitrogens with two attached hydrogens (primary N) is 1. The van der Waals surface area contributed by atoms with Crippen molar-refractivity contribution in [2.75, 3.05) is 26.4 Å². The van der Waals surface area contributed by atoms with Gasteiger partial charge in [-0.05, 0) is 0 Å². The number of nitrogens with zero attached hydrogens (tertiary/aromatic N) is 4. The molecule has 1 heterocycles. The molecule has 7 nitrogen and oxygen atoms in total. The number of carbonyl (C=O) groups is 1. The number of imidazole rings is 1. The quantitative estimate of drug-likeness (QED) is 0.548. The molecule has 0 saturated carbocycles. The third-order valence-corrected chi connectivity index (χ3v) is 1.82. The molecule has 0 spiro atoms. The zero-order valence-electron chi connectivity index (χ0n) is 8.94. The van der Waals surface area contributed by atoms with E-state index in [0.29, 0.717) is 0 Å². The second-order valence-corrected chi connectivity index (χ2v) is 2.99. The molecule has 0 aliphatic rings. The number of hydrogen-bond acceptors (Lipinski definition) is 4.